The number of thiazole rings is 1. The summed E-state index contributed by atoms with van der Waals surface area (Å²) in [7, 11) is 0. The molecule has 1 heterocycles. The minimum atomic E-state index is -0.148. The number of hydrogen-bond acceptors (Lipinski definition) is 5. The number of aromatic amines is 1. The summed E-state index contributed by atoms with van der Waals surface area (Å²) >= 11 is 1.14. The molecule has 0 atom stereocenters. The van der Waals surface area contributed by atoms with Crippen LogP contribution in [0.25, 0.3) is 10.2 Å². The number of nitrogens with one attached hydrogen (secondary N) is 3. The second-order valence-corrected chi connectivity index (χ2v) is 8.34. The molecule has 6 nitrogen and oxygen atoms in total. The second kappa shape index (κ2) is 13.1. The van der Waals surface area contributed by atoms with E-state index in [1.54, 1.807) is 6.07 Å². The van der Waals surface area contributed by atoms with E-state index in [1.807, 2.05) is 24.3 Å². The fourth-order valence-electron chi connectivity index (χ4n) is 3.41. The van der Waals surface area contributed by atoms with E-state index in [0.29, 0.717) is 18.5 Å². The number of fused-ring (bicyclic) bond motifs is 1. The van der Waals surface area contributed by atoms with E-state index < -0.39 is 0 Å². The number of rotatable bonds is 12. The third-order valence-electron chi connectivity index (χ3n) is 5.05. The summed E-state index contributed by atoms with van der Waals surface area (Å²) in [5.41, 5.74) is 2.83. The molecule has 3 aromatic rings. The molecule has 4 N–H and O–H groups in total. The fraction of sp³-hybridized carbons (Fsp3) is 0.391. The maximum absolute atomic E-state index is 11.9. The van der Waals surface area contributed by atoms with Crippen LogP contribution in [0, 0.1) is 0 Å². The van der Waals surface area contributed by atoms with Gasteiger partial charge in [-0.25, -0.2) is 0 Å². The highest BCUT2D eigenvalue weighted by Crippen LogP contribution is 2.27. The number of phenolic OH excluding ortho intramolecular Hbond substituents is 1. The highest BCUT2D eigenvalue weighted by atomic mass is 35.5. The first-order valence-electron chi connectivity index (χ1n) is 10.5. The quantitative estimate of drug-likeness (QED) is 0.307. The van der Waals surface area contributed by atoms with E-state index >= 15 is 0 Å². The maximum atomic E-state index is 11.9. The van der Waals surface area contributed by atoms with Crippen molar-refractivity contribution in [3.05, 3.63) is 63.3 Å². The smallest absolute Gasteiger partial charge is 0.305 e. The Hall–Kier alpha value is -2.35. The van der Waals surface area contributed by atoms with Crippen molar-refractivity contribution in [2.24, 2.45) is 0 Å². The SMILES string of the molecule is Cl.O=C(CCCCCNCCc1ccc(O)c2[nH]c(=O)sc12)NCCc1ccccc1. The number of unbranched alkanes of at least 4 members (excludes halogenated alkanes) is 2. The Morgan fingerprint density at radius 1 is 0.968 bits per heavy atom. The van der Waals surface area contributed by atoms with Gasteiger partial charge in [-0.1, -0.05) is 54.2 Å². The summed E-state index contributed by atoms with van der Waals surface area (Å²) in [5.74, 6) is 0.241. The molecule has 0 saturated carbocycles. The number of H-pyrrole nitrogens is 1. The van der Waals surface area contributed by atoms with Crippen LogP contribution in [-0.2, 0) is 17.6 Å². The number of benzene rings is 2. The average molecular weight is 464 g/mol. The van der Waals surface area contributed by atoms with Crippen LogP contribution < -0.4 is 15.5 Å². The Labute approximate surface area is 192 Å². The monoisotopic (exact) mass is 463 g/mol. The molecule has 0 saturated heterocycles. The molecule has 0 aliphatic heterocycles. The van der Waals surface area contributed by atoms with Gasteiger partial charge in [0, 0.05) is 13.0 Å². The first kappa shape index (κ1) is 24.9. The van der Waals surface area contributed by atoms with Gasteiger partial charge in [-0.3, -0.25) is 9.59 Å². The predicted octanol–water partition coefficient (Wildman–Crippen LogP) is 3.77. The number of aromatic nitrogens is 1. The van der Waals surface area contributed by atoms with Crippen LogP contribution >= 0.6 is 23.7 Å². The summed E-state index contributed by atoms with van der Waals surface area (Å²) in [6.45, 7) is 2.40. The Balaban J connectivity index is 0.00000341. The van der Waals surface area contributed by atoms with Gasteiger partial charge < -0.3 is 20.7 Å². The molecular weight excluding hydrogens is 434 g/mol. The molecule has 0 aliphatic carbocycles. The average Bonchev–Trinajstić information content (AvgIpc) is 3.15. The molecule has 0 spiro atoms. The van der Waals surface area contributed by atoms with Crippen LogP contribution in [0.3, 0.4) is 0 Å². The zero-order valence-corrected chi connectivity index (χ0v) is 19.1. The molecule has 8 heteroatoms. The normalized spacial score (nSPS) is 10.7. The number of amides is 1. The van der Waals surface area contributed by atoms with Crippen molar-refractivity contribution in [2.45, 2.75) is 38.5 Å². The number of aromatic hydroxyl groups is 1. The zero-order chi connectivity index (χ0) is 21.2. The Kier molecular flexibility index (Phi) is 10.6. The van der Waals surface area contributed by atoms with E-state index in [4.69, 9.17) is 0 Å². The van der Waals surface area contributed by atoms with Crippen molar-refractivity contribution in [1.82, 2.24) is 15.6 Å². The van der Waals surface area contributed by atoms with Gasteiger partial charge in [0.05, 0.1) is 4.70 Å². The van der Waals surface area contributed by atoms with E-state index in [2.05, 4.69) is 27.8 Å². The van der Waals surface area contributed by atoms with Gasteiger partial charge in [0.25, 0.3) is 0 Å². The van der Waals surface area contributed by atoms with Crippen LogP contribution in [0.4, 0.5) is 0 Å². The van der Waals surface area contributed by atoms with Crippen LogP contribution in [0.2, 0.25) is 0 Å². The second-order valence-electron chi connectivity index (χ2n) is 7.36. The number of hydrogen-bond donors (Lipinski definition) is 4. The third-order valence-corrected chi connectivity index (χ3v) is 6.00. The number of carbonyl (C=O) groups excluding carboxylic acids is 1. The van der Waals surface area contributed by atoms with Crippen LogP contribution in [0.5, 0.6) is 5.75 Å². The van der Waals surface area contributed by atoms with Crippen molar-refractivity contribution in [3.63, 3.8) is 0 Å². The molecule has 0 unspecified atom stereocenters. The summed E-state index contributed by atoms with van der Waals surface area (Å²) < 4.78 is 0.833. The van der Waals surface area contributed by atoms with Gasteiger partial charge in [0.15, 0.2) is 0 Å². The molecule has 0 radical (unpaired) electrons. The maximum Gasteiger partial charge on any atom is 0.305 e. The number of phenols is 1. The molecule has 1 aromatic heterocycles. The summed E-state index contributed by atoms with van der Waals surface area (Å²) in [6, 6.07) is 13.7. The van der Waals surface area contributed by atoms with Crippen LogP contribution in [-0.4, -0.2) is 35.6 Å². The van der Waals surface area contributed by atoms with E-state index in [0.717, 1.165) is 66.8 Å². The first-order valence-corrected chi connectivity index (χ1v) is 11.3. The van der Waals surface area contributed by atoms with Crippen molar-refractivity contribution >= 4 is 39.9 Å². The Bertz CT molecular complexity index is 1000. The standard InChI is InChI=1S/C23H29N3O3S.ClH/c27-19-11-10-18(22-21(19)26-23(29)30-22)13-15-24-14-6-2-5-9-20(28)25-16-12-17-7-3-1-4-8-17;/h1,3-4,7-8,10-11,24,27H,2,5-6,9,12-16H2,(H,25,28)(H,26,29);1H. The van der Waals surface area contributed by atoms with Crippen LogP contribution in [0.15, 0.2) is 47.3 Å². The van der Waals surface area contributed by atoms with E-state index in [-0.39, 0.29) is 28.9 Å². The lowest BCUT2D eigenvalue weighted by atomic mass is 10.1. The molecule has 3 rings (SSSR count). The molecule has 1 amide bonds. The van der Waals surface area contributed by atoms with Crippen molar-refractivity contribution < 1.29 is 9.90 Å². The van der Waals surface area contributed by atoms with E-state index in [1.165, 1.54) is 5.56 Å². The highest BCUT2D eigenvalue weighted by Gasteiger charge is 2.09. The molecular formula is C23H30ClN3O3S. The largest absolute Gasteiger partial charge is 0.506 e. The van der Waals surface area contributed by atoms with Crippen molar-refractivity contribution in [1.29, 1.82) is 0 Å². The first-order chi connectivity index (χ1) is 14.6. The molecule has 0 aliphatic rings. The van der Waals surface area contributed by atoms with Gasteiger partial charge in [-0.05, 0) is 56.0 Å². The molecule has 0 fully saturated rings. The van der Waals surface area contributed by atoms with Gasteiger partial charge in [0.1, 0.15) is 11.3 Å². The zero-order valence-electron chi connectivity index (χ0n) is 17.5. The molecule has 168 valence electrons. The van der Waals surface area contributed by atoms with Crippen molar-refractivity contribution in [2.75, 3.05) is 19.6 Å². The minimum absolute atomic E-state index is 0. The van der Waals surface area contributed by atoms with Gasteiger partial charge in [-0.15, -0.1) is 12.4 Å². The lowest BCUT2D eigenvalue weighted by Gasteiger charge is -2.07. The van der Waals surface area contributed by atoms with Crippen molar-refractivity contribution in [3.8, 4) is 5.75 Å². The number of carbonyl (C=O) groups is 1. The molecule has 2 aromatic carbocycles. The molecule has 0 bridgehead atoms. The summed E-state index contributed by atoms with van der Waals surface area (Å²) in [4.78, 5) is 26.0. The van der Waals surface area contributed by atoms with Crippen LogP contribution in [0.1, 0.15) is 36.8 Å². The Morgan fingerprint density at radius 3 is 2.58 bits per heavy atom. The minimum Gasteiger partial charge on any atom is -0.506 e. The summed E-state index contributed by atoms with van der Waals surface area (Å²) in [6.07, 6.45) is 5.18. The van der Waals surface area contributed by atoms with Gasteiger partial charge in [0.2, 0.25) is 5.91 Å². The van der Waals surface area contributed by atoms with E-state index in [9.17, 15) is 14.7 Å². The lowest BCUT2D eigenvalue weighted by Crippen LogP contribution is -2.25. The third kappa shape index (κ3) is 8.01. The topological polar surface area (TPSA) is 94.2 Å². The van der Waals surface area contributed by atoms with Gasteiger partial charge >= 0.3 is 4.87 Å². The predicted molar refractivity (Wildman–Crippen MR) is 130 cm³/mol. The lowest BCUT2D eigenvalue weighted by molar-refractivity contribution is -0.121. The highest BCUT2D eigenvalue weighted by molar-refractivity contribution is 7.16. The Morgan fingerprint density at radius 2 is 1.77 bits per heavy atom. The fourth-order valence-corrected chi connectivity index (χ4v) is 4.31. The summed E-state index contributed by atoms with van der Waals surface area (Å²) in [5, 5.41) is 16.2. The van der Waals surface area contributed by atoms with Gasteiger partial charge in [-0.2, -0.15) is 0 Å². The molecule has 31 heavy (non-hydrogen) atoms. The number of halogens is 1.